The number of aryl methyl sites for hydroxylation is 1. The average Bonchev–Trinajstić information content (AvgIpc) is 2.51. The van der Waals surface area contributed by atoms with E-state index in [1.165, 1.54) is 0 Å². The van der Waals surface area contributed by atoms with Gasteiger partial charge in [-0.25, -0.2) is 4.79 Å². The molecule has 0 aliphatic heterocycles. The van der Waals surface area contributed by atoms with Gasteiger partial charge in [0.15, 0.2) is 5.88 Å². The predicted octanol–water partition coefficient (Wildman–Crippen LogP) is 1.09. The van der Waals surface area contributed by atoms with Crippen molar-refractivity contribution in [2.75, 3.05) is 11.9 Å². The summed E-state index contributed by atoms with van der Waals surface area (Å²) in [5.74, 6) is -0.854. The molecule has 5 heteroatoms. The molecular formula is C9H11NO4. The van der Waals surface area contributed by atoms with Crippen molar-refractivity contribution < 1.29 is 18.7 Å². The fourth-order valence-electron chi connectivity index (χ4n) is 0.861. The molecule has 76 valence electrons. The highest BCUT2D eigenvalue weighted by Crippen LogP contribution is 2.11. The molecule has 0 fully saturated rings. The quantitative estimate of drug-likeness (QED) is 0.569. The number of hydrogen-bond acceptors (Lipinski definition) is 4. The zero-order valence-corrected chi connectivity index (χ0v) is 7.99. The Bertz CT molecular complexity index is 342. The van der Waals surface area contributed by atoms with E-state index >= 15 is 0 Å². The van der Waals surface area contributed by atoms with Crippen LogP contribution in [-0.4, -0.2) is 18.5 Å². The van der Waals surface area contributed by atoms with Crippen molar-refractivity contribution in [1.29, 1.82) is 0 Å². The molecule has 0 atom stereocenters. The van der Waals surface area contributed by atoms with Gasteiger partial charge in [0.25, 0.3) is 0 Å². The number of amides is 1. The lowest BCUT2D eigenvalue weighted by molar-refractivity contribution is -0.152. The van der Waals surface area contributed by atoms with Gasteiger partial charge >= 0.3 is 11.9 Å². The normalized spacial score (nSPS) is 9.57. The Morgan fingerprint density at radius 2 is 2.21 bits per heavy atom. The summed E-state index contributed by atoms with van der Waals surface area (Å²) in [6.45, 7) is 3.53. The van der Waals surface area contributed by atoms with Crippen LogP contribution in [0.25, 0.3) is 0 Å². The van der Waals surface area contributed by atoms with E-state index in [0.29, 0.717) is 5.76 Å². The molecule has 0 unspecified atom stereocenters. The minimum Gasteiger partial charge on any atom is -0.459 e. The number of esters is 1. The second-order valence-corrected chi connectivity index (χ2v) is 2.58. The van der Waals surface area contributed by atoms with Crippen molar-refractivity contribution in [3.63, 3.8) is 0 Å². The number of rotatable bonds is 2. The van der Waals surface area contributed by atoms with Crippen LogP contribution in [0.5, 0.6) is 0 Å². The maximum absolute atomic E-state index is 11.1. The number of hydrogen-bond donors (Lipinski definition) is 1. The molecule has 1 amide bonds. The molecule has 0 aliphatic carbocycles. The maximum atomic E-state index is 11.1. The smallest absolute Gasteiger partial charge is 0.397 e. The first kappa shape index (κ1) is 10.3. The fourth-order valence-corrected chi connectivity index (χ4v) is 0.861. The van der Waals surface area contributed by atoms with Crippen LogP contribution in [0.1, 0.15) is 12.7 Å². The van der Waals surface area contributed by atoms with E-state index in [-0.39, 0.29) is 12.5 Å². The van der Waals surface area contributed by atoms with Gasteiger partial charge in [0, 0.05) is 6.07 Å². The van der Waals surface area contributed by atoms with Gasteiger partial charge in [-0.15, -0.1) is 0 Å². The van der Waals surface area contributed by atoms with E-state index < -0.39 is 11.9 Å². The van der Waals surface area contributed by atoms with Gasteiger partial charge in [-0.1, -0.05) is 0 Å². The monoisotopic (exact) mass is 197 g/mol. The number of furan rings is 1. The van der Waals surface area contributed by atoms with Crippen molar-refractivity contribution in [2.24, 2.45) is 0 Å². The van der Waals surface area contributed by atoms with Crippen LogP contribution >= 0.6 is 0 Å². The molecule has 1 N–H and O–H groups in total. The summed E-state index contributed by atoms with van der Waals surface area (Å²) in [5.41, 5.74) is 0. The van der Waals surface area contributed by atoms with E-state index in [1.807, 2.05) is 0 Å². The lowest BCUT2D eigenvalue weighted by Crippen LogP contribution is -2.24. The van der Waals surface area contributed by atoms with Crippen LogP contribution in [0, 0.1) is 6.92 Å². The zero-order valence-electron chi connectivity index (χ0n) is 7.99. The highest BCUT2D eigenvalue weighted by molar-refractivity contribution is 6.37. The summed E-state index contributed by atoms with van der Waals surface area (Å²) < 4.78 is 9.53. The van der Waals surface area contributed by atoms with Gasteiger partial charge in [-0.3, -0.25) is 10.1 Å². The molecule has 0 saturated carbocycles. The molecule has 1 heterocycles. The van der Waals surface area contributed by atoms with Gasteiger partial charge in [0.1, 0.15) is 5.76 Å². The number of anilines is 1. The fraction of sp³-hybridized carbons (Fsp3) is 0.333. The van der Waals surface area contributed by atoms with Gasteiger partial charge in [-0.05, 0) is 19.9 Å². The third-order valence-electron chi connectivity index (χ3n) is 1.44. The van der Waals surface area contributed by atoms with Crippen molar-refractivity contribution in [3.05, 3.63) is 17.9 Å². The van der Waals surface area contributed by atoms with Crippen LogP contribution in [0.3, 0.4) is 0 Å². The molecular weight excluding hydrogens is 186 g/mol. The van der Waals surface area contributed by atoms with Gasteiger partial charge in [0.2, 0.25) is 0 Å². The van der Waals surface area contributed by atoms with E-state index in [2.05, 4.69) is 10.1 Å². The number of carbonyl (C=O) groups excluding carboxylic acids is 2. The molecule has 0 spiro atoms. The Labute approximate surface area is 81.0 Å². The second-order valence-electron chi connectivity index (χ2n) is 2.58. The minimum atomic E-state index is -0.915. The maximum Gasteiger partial charge on any atom is 0.397 e. The zero-order chi connectivity index (χ0) is 10.6. The topological polar surface area (TPSA) is 68.5 Å². The summed E-state index contributed by atoms with van der Waals surface area (Å²) in [7, 11) is 0. The first-order chi connectivity index (χ1) is 6.63. The van der Waals surface area contributed by atoms with Crippen molar-refractivity contribution in [1.82, 2.24) is 0 Å². The molecule has 1 rings (SSSR count). The van der Waals surface area contributed by atoms with Crippen molar-refractivity contribution in [3.8, 4) is 0 Å². The standard InChI is InChI=1S/C9H11NO4/c1-3-13-9(12)8(11)10-7-5-4-6(2)14-7/h4-5H,3H2,1-2H3,(H,10,11). The Morgan fingerprint density at radius 3 is 2.71 bits per heavy atom. The largest absolute Gasteiger partial charge is 0.459 e. The first-order valence-electron chi connectivity index (χ1n) is 4.18. The Morgan fingerprint density at radius 1 is 1.50 bits per heavy atom. The molecule has 14 heavy (non-hydrogen) atoms. The molecule has 0 aromatic carbocycles. The predicted molar refractivity (Wildman–Crippen MR) is 48.7 cm³/mol. The van der Waals surface area contributed by atoms with Crippen LogP contribution < -0.4 is 5.32 Å². The van der Waals surface area contributed by atoms with Crippen molar-refractivity contribution >= 4 is 17.8 Å². The summed E-state index contributed by atoms with van der Waals surface area (Å²) in [4.78, 5) is 21.9. The molecule has 1 aromatic heterocycles. The molecule has 0 bridgehead atoms. The minimum absolute atomic E-state index is 0.170. The average molecular weight is 197 g/mol. The molecule has 5 nitrogen and oxygen atoms in total. The summed E-state index contributed by atoms with van der Waals surface area (Å²) >= 11 is 0. The molecule has 0 radical (unpaired) electrons. The van der Waals surface area contributed by atoms with E-state index in [9.17, 15) is 9.59 Å². The van der Waals surface area contributed by atoms with E-state index in [1.54, 1.807) is 26.0 Å². The van der Waals surface area contributed by atoms with Gasteiger partial charge in [0.05, 0.1) is 6.61 Å². The van der Waals surface area contributed by atoms with Crippen molar-refractivity contribution in [2.45, 2.75) is 13.8 Å². The Kier molecular flexibility index (Phi) is 3.28. The lowest BCUT2D eigenvalue weighted by Gasteiger charge is -2.00. The summed E-state index contributed by atoms with van der Waals surface area (Å²) in [5, 5.41) is 2.27. The lowest BCUT2D eigenvalue weighted by atomic mass is 10.5. The molecule has 1 aromatic rings. The second kappa shape index (κ2) is 4.45. The van der Waals surface area contributed by atoms with Crippen LogP contribution in [0.2, 0.25) is 0 Å². The first-order valence-corrected chi connectivity index (χ1v) is 4.18. The third kappa shape index (κ3) is 2.62. The third-order valence-corrected chi connectivity index (χ3v) is 1.44. The van der Waals surface area contributed by atoms with Gasteiger partial charge in [-0.2, -0.15) is 0 Å². The highest BCUT2D eigenvalue weighted by atomic mass is 16.5. The molecule has 0 saturated heterocycles. The SMILES string of the molecule is CCOC(=O)C(=O)Nc1ccc(C)o1. The summed E-state index contributed by atoms with van der Waals surface area (Å²) in [6.07, 6.45) is 0. The molecule has 0 aliphatic rings. The number of ether oxygens (including phenoxy) is 1. The number of carbonyl (C=O) groups is 2. The number of nitrogens with one attached hydrogen (secondary N) is 1. The van der Waals surface area contributed by atoms with Crippen LogP contribution in [-0.2, 0) is 14.3 Å². The Hall–Kier alpha value is -1.78. The summed E-state index contributed by atoms with van der Waals surface area (Å²) in [6, 6.07) is 3.24. The van der Waals surface area contributed by atoms with Crippen LogP contribution in [0.4, 0.5) is 5.88 Å². The van der Waals surface area contributed by atoms with Gasteiger partial charge < -0.3 is 9.15 Å². The van der Waals surface area contributed by atoms with E-state index in [4.69, 9.17) is 4.42 Å². The highest BCUT2D eigenvalue weighted by Gasteiger charge is 2.15. The van der Waals surface area contributed by atoms with E-state index in [0.717, 1.165) is 0 Å². The van der Waals surface area contributed by atoms with Crippen LogP contribution in [0.15, 0.2) is 16.5 Å². The Balaban J connectivity index is 2.53.